The number of nitrogens with one attached hydrogen (secondary N) is 1. The topological polar surface area (TPSA) is 28.7 Å². The van der Waals surface area contributed by atoms with E-state index in [0.29, 0.717) is 4.64 Å². The number of rotatable bonds is 2. The molecule has 1 N–H and O–H groups in total. The highest BCUT2D eigenvalue weighted by atomic mass is 79.9. The first kappa shape index (κ1) is 11.0. The lowest BCUT2D eigenvalue weighted by Gasteiger charge is -2.03. The van der Waals surface area contributed by atoms with Gasteiger partial charge in [0.05, 0.1) is 4.47 Å². The summed E-state index contributed by atoms with van der Waals surface area (Å²) in [6, 6.07) is 4.14. The lowest BCUT2D eigenvalue weighted by Crippen LogP contribution is -1.98. The maximum absolute atomic E-state index is 5.15. The van der Waals surface area contributed by atoms with Crippen LogP contribution >= 0.6 is 39.5 Å². The second-order valence-electron chi connectivity index (χ2n) is 3.18. The smallest absolute Gasteiger partial charge is 0.144 e. The molecule has 0 bridgehead atoms. The molecule has 0 unspecified atom stereocenters. The Labute approximate surface area is 106 Å². The minimum atomic E-state index is 0.623. The standard InChI is InChI=1S/C10H9BrN2S2/c1-6-9(11)10(14)13-8(12-6)5-7-3-2-4-15-7/h2-4H,5H2,1H3,(H,12,13,14). The molecule has 0 amide bonds. The summed E-state index contributed by atoms with van der Waals surface area (Å²) in [6.45, 7) is 1.99. The Balaban J connectivity index is 2.34. The highest BCUT2D eigenvalue weighted by Crippen LogP contribution is 2.17. The van der Waals surface area contributed by atoms with Crippen molar-refractivity contribution in [3.63, 3.8) is 0 Å². The number of aryl methyl sites for hydroxylation is 1. The maximum atomic E-state index is 5.15. The second kappa shape index (κ2) is 4.55. The van der Waals surface area contributed by atoms with Crippen molar-refractivity contribution in [1.29, 1.82) is 0 Å². The molecule has 0 fully saturated rings. The molecule has 0 aromatic carbocycles. The fourth-order valence-electron chi connectivity index (χ4n) is 1.29. The number of hydrogen-bond acceptors (Lipinski definition) is 3. The van der Waals surface area contributed by atoms with Gasteiger partial charge in [0.1, 0.15) is 10.5 Å². The third-order valence-electron chi connectivity index (χ3n) is 2.01. The monoisotopic (exact) mass is 300 g/mol. The number of aromatic amines is 1. The Morgan fingerprint density at radius 2 is 2.40 bits per heavy atom. The fourth-order valence-corrected chi connectivity index (χ4v) is 2.45. The van der Waals surface area contributed by atoms with Crippen LogP contribution in [0.1, 0.15) is 16.4 Å². The van der Waals surface area contributed by atoms with E-state index >= 15 is 0 Å². The lowest BCUT2D eigenvalue weighted by molar-refractivity contribution is 0.935. The van der Waals surface area contributed by atoms with Gasteiger partial charge in [0.15, 0.2) is 0 Å². The van der Waals surface area contributed by atoms with Gasteiger partial charge in [-0.2, -0.15) is 0 Å². The van der Waals surface area contributed by atoms with E-state index in [2.05, 4.69) is 37.3 Å². The van der Waals surface area contributed by atoms with Crippen LogP contribution in [0.5, 0.6) is 0 Å². The highest BCUT2D eigenvalue weighted by Gasteiger charge is 2.03. The summed E-state index contributed by atoms with van der Waals surface area (Å²) in [7, 11) is 0. The molecule has 2 aromatic rings. The lowest BCUT2D eigenvalue weighted by atomic mass is 10.3. The van der Waals surface area contributed by atoms with Crippen LogP contribution in [0.2, 0.25) is 0 Å². The molecule has 0 aliphatic carbocycles. The normalized spacial score (nSPS) is 10.5. The summed E-state index contributed by atoms with van der Waals surface area (Å²) in [5.41, 5.74) is 1.03. The number of thiophene rings is 1. The number of hydrogen-bond donors (Lipinski definition) is 1. The molecule has 15 heavy (non-hydrogen) atoms. The third kappa shape index (κ3) is 2.53. The molecular weight excluding hydrogens is 292 g/mol. The predicted octanol–water partition coefficient (Wildman–Crippen LogP) is 3.86. The molecule has 0 saturated heterocycles. The van der Waals surface area contributed by atoms with E-state index < -0.39 is 0 Å². The van der Waals surface area contributed by atoms with Crippen molar-refractivity contribution in [1.82, 2.24) is 9.97 Å². The molecular formula is C10H9BrN2S2. The minimum absolute atomic E-state index is 0.623. The second-order valence-corrected chi connectivity index (χ2v) is 5.40. The summed E-state index contributed by atoms with van der Waals surface area (Å²) in [5, 5.41) is 2.07. The molecule has 0 radical (unpaired) electrons. The maximum Gasteiger partial charge on any atom is 0.144 e. The number of H-pyrrole nitrogens is 1. The van der Waals surface area contributed by atoms with Crippen LogP contribution in [0, 0.1) is 11.6 Å². The zero-order valence-corrected chi connectivity index (χ0v) is 11.3. The fraction of sp³-hybridized carbons (Fsp3) is 0.200. The molecule has 0 aliphatic heterocycles. The SMILES string of the molecule is Cc1[nH]c(Cc2cccs2)nc(=S)c1Br. The van der Waals surface area contributed by atoms with Crippen molar-refractivity contribution in [2.75, 3.05) is 0 Å². The third-order valence-corrected chi connectivity index (χ3v) is 4.41. The number of nitrogens with zero attached hydrogens (tertiary/aromatic N) is 1. The average Bonchev–Trinajstić information content (AvgIpc) is 2.66. The highest BCUT2D eigenvalue weighted by molar-refractivity contribution is 9.10. The van der Waals surface area contributed by atoms with E-state index in [1.807, 2.05) is 13.0 Å². The zero-order chi connectivity index (χ0) is 10.8. The van der Waals surface area contributed by atoms with Crippen LogP contribution in [0.25, 0.3) is 0 Å². The van der Waals surface area contributed by atoms with Gasteiger partial charge in [-0.1, -0.05) is 18.3 Å². The van der Waals surface area contributed by atoms with Gasteiger partial charge in [0.25, 0.3) is 0 Å². The van der Waals surface area contributed by atoms with Crippen LogP contribution in [0.15, 0.2) is 22.0 Å². The first-order valence-corrected chi connectivity index (χ1v) is 6.52. The summed E-state index contributed by atoms with van der Waals surface area (Å²) >= 11 is 10.3. The van der Waals surface area contributed by atoms with Gasteiger partial charge < -0.3 is 4.98 Å². The van der Waals surface area contributed by atoms with Gasteiger partial charge in [-0.15, -0.1) is 11.3 Å². The van der Waals surface area contributed by atoms with Gasteiger partial charge in [-0.05, 0) is 34.3 Å². The summed E-state index contributed by atoms with van der Waals surface area (Å²) < 4.78 is 1.50. The largest absolute Gasteiger partial charge is 0.346 e. The van der Waals surface area contributed by atoms with Gasteiger partial charge in [-0.3, -0.25) is 0 Å². The van der Waals surface area contributed by atoms with Crippen LogP contribution in [0.3, 0.4) is 0 Å². The van der Waals surface area contributed by atoms with Crippen molar-refractivity contribution < 1.29 is 0 Å². The molecule has 0 saturated carbocycles. The van der Waals surface area contributed by atoms with Crippen LogP contribution < -0.4 is 0 Å². The number of aromatic nitrogens is 2. The predicted molar refractivity (Wildman–Crippen MR) is 69.0 cm³/mol. The molecule has 2 rings (SSSR count). The van der Waals surface area contributed by atoms with Gasteiger partial charge in [0.2, 0.25) is 0 Å². The zero-order valence-electron chi connectivity index (χ0n) is 8.08. The Morgan fingerprint density at radius 1 is 1.60 bits per heavy atom. The molecule has 2 aromatic heterocycles. The molecule has 0 atom stereocenters. The molecule has 0 aliphatic rings. The van der Waals surface area contributed by atoms with E-state index in [0.717, 1.165) is 22.4 Å². The van der Waals surface area contributed by atoms with Crippen LogP contribution in [-0.2, 0) is 6.42 Å². The molecule has 78 valence electrons. The molecule has 2 nitrogen and oxygen atoms in total. The Bertz CT molecular complexity index is 517. The first-order chi connectivity index (χ1) is 7.16. The Kier molecular flexibility index (Phi) is 3.33. The van der Waals surface area contributed by atoms with Crippen molar-refractivity contribution in [3.05, 3.63) is 43.0 Å². The van der Waals surface area contributed by atoms with Crippen molar-refractivity contribution >= 4 is 39.5 Å². The van der Waals surface area contributed by atoms with E-state index in [9.17, 15) is 0 Å². The van der Waals surface area contributed by atoms with E-state index in [1.165, 1.54) is 4.88 Å². The van der Waals surface area contributed by atoms with Crippen molar-refractivity contribution in [2.45, 2.75) is 13.3 Å². The molecule has 2 heterocycles. The van der Waals surface area contributed by atoms with Gasteiger partial charge in [0, 0.05) is 17.0 Å². The minimum Gasteiger partial charge on any atom is -0.346 e. The van der Waals surface area contributed by atoms with Crippen molar-refractivity contribution in [2.24, 2.45) is 0 Å². The summed E-state index contributed by atoms with van der Waals surface area (Å²) in [5.74, 6) is 0.920. The Morgan fingerprint density at radius 3 is 3.00 bits per heavy atom. The van der Waals surface area contributed by atoms with Crippen LogP contribution in [0.4, 0.5) is 0 Å². The van der Waals surface area contributed by atoms with Gasteiger partial charge >= 0.3 is 0 Å². The van der Waals surface area contributed by atoms with Crippen molar-refractivity contribution in [3.8, 4) is 0 Å². The summed E-state index contributed by atoms with van der Waals surface area (Å²) in [6.07, 6.45) is 0.815. The summed E-state index contributed by atoms with van der Waals surface area (Å²) in [4.78, 5) is 8.85. The van der Waals surface area contributed by atoms with E-state index in [4.69, 9.17) is 12.2 Å². The number of halogens is 1. The Hall–Kier alpha value is -0.520. The first-order valence-electron chi connectivity index (χ1n) is 4.44. The van der Waals surface area contributed by atoms with Gasteiger partial charge in [-0.25, -0.2) is 4.98 Å². The van der Waals surface area contributed by atoms with Crippen LogP contribution in [-0.4, -0.2) is 9.97 Å². The molecule has 0 spiro atoms. The average molecular weight is 301 g/mol. The van der Waals surface area contributed by atoms with E-state index in [-0.39, 0.29) is 0 Å². The quantitative estimate of drug-likeness (QED) is 0.853. The molecule has 5 heteroatoms. The van der Waals surface area contributed by atoms with E-state index in [1.54, 1.807) is 11.3 Å².